The number of hydrogen-bond donors (Lipinski definition) is 1. The largest absolute Gasteiger partial charge is 0.459 e. The van der Waals surface area contributed by atoms with Crippen molar-refractivity contribution in [3.8, 4) is 0 Å². The van der Waals surface area contributed by atoms with E-state index in [4.69, 9.17) is 4.74 Å². The molecule has 0 aliphatic heterocycles. The molecular weight excluding hydrogens is 348 g/mol. The monoisotopic (exact) mass is 378 g/mol. The number of rotatable bonds is 6. The highest BCUT2D eigenvalue weighted by molar-refractivity contribution is 5.83. The second-order valence-corrected chi connectivity index (χ2v) is 7.97. The lowest BCUT2D eigenvalue weighted by Crippen LogP contribution is -2.45. The van der Waals surface area contributed by atoms with Crippen LogP contribution in [-0.2, 0) is 9.53 Å². The predicted octanol–water partition coefficient (Wildman–Crippen LogP) is 5.36. The third-order valence-corrected chi connectivity index (χ3v) is 5.73. The third kappa shape index (κ3) is 4.71. The van der Waals surface area contributed by atoms with Gasteiger partial charge in [-0.15, -0.1) is 0 Å². The number of esters is 1. The van der Waals surface area contributed by atoms with Gasteiger partial charge in [-0.1, -0.05) is 87.0 Å². The van der Waals surface area contributed by atoms with Gasteiger partial charge in [0.05, 0.1) is 0 Å². The predicted molar refractivity (Wildman–Crippen MR) is 113 cm³/mol. The minimum absolute atomic E-state index is 0.188. The van der Waals surface area contributed by atoms with Crippen molar-refractivity contribution in [2.24, 2.45) is 5.92 Å². The highest BCUT2D eigenvalue weighted by Gasteiger charge is 2.41. The fraction of sp³-hybridized carbons (Fsp3) is 0.400. The number of carbonyl (C=O) groups excluding carboxylic acids is 1. The standard InChI is InChI=1S/C25H30O3/c1-19(2)25(27,18-17-20-11-5-3-6-12-20)24(26)28-23-16-10-9-15-22(23)21-13-7-4-8-14-21/h3-8,11-14,17-19,22-23,27H,9-10,15-16H2,1-2H3/t22-,23+,25-/m0/s1. The summed E-state index contributed by atoms with van der Waals surface area (Å²) in [6.07, 6.45) is 7.19. The van der Waals surface area contributed by atoms with Gasteiger partial charge >= 0.3 is 5.97 Å². The van der Waals surface area contributed by atoms with E-state index in [1.807, 2.05) is 62.4 Å². The molecule has 0 heterocycles. The van der Waals surface area contributed by atoms with Gasteiger partial charge in [0.15, 0.2) is 5.60 Å². The summed E-state index contributed by atoms with van der Waals surface area (Å²) in [6, 6.07) is 19.9. The van der Waals surface area contributed by atoms with Crippen LogP contribution in [0.2, 0.25) is 0 Å². The van der Waals surface area contributed by atoms with E-state index in [0.717, 1.165) is 31.2 Å². The van der Waals surface area contributed by atoms with Crippen molar-refractivity contribution < 1.29 is 14.6 Å². The maximum Gasteiger partial charge on any atom is 0.342 e. The molecule has 2 aromatic carbocycles. The number of hydrogen-bond acceptors (Lipinski definition) is 3. The maximum absolute atomic E-state index is 13.0. The first kappa shape index (κ1) is 20.3. The molecule has 148 valence electrons. The van der Waals surface area contributed by atoms with Crippen molar-refractivity contribution >= 4 is 12.0 Å². The Kier molecular flexibility index (Phi) is 6.69. The Morgan fingerprint density at radius 1 is 1.04 bits per heavy atom. The summed E-state index contributed by atoms with van der Waals surface area (Å²) in [5, 5.41) is 11.1. The van der Waals surface area contributed by atoms with Crippen LogP contribution in [0, 0.1) is 5.92 Å². The van der Waals surface area contributed by atoms with Gasteiger partial charge in [-0.05, 0) is 42.4 Å². The molecule has 0 bridgehead atoms. The molecule has 0 aromatic heterocycles. The molecule has 1 saturated carbocycles. The van der Waals surface area contributed by atoms with Crippen LogP contribution in [0.3, 0.4) is 0 Å². The van der Waals surface area contributed by atoms with E-state index < -0.39 is 11.6 Å². The minimum Gasteiger partial charge on any atom is -0.459 e. The molecule has 28 heavy (non-hydrogen) atoms. The van der Waals surface area contributed by atoms with Gasteiger partial charge < -0.3 is 9.84 Å². The van der Waals surface area contributed by atoms with Gasteiger partial charge in [0.2, 0.25) is 0 Å². The Bertz CT molecular complexity index is 782. The van der Waals surface area contributed by atoms with Crippen molar-refractivity contribution in [3.63, 3.8) is 0 Å². The molecule has 1 N–H and O–H groups in total. The van der Waals surface area contributed by atoms with Crippen molar-refractivity contribution in [3.05, 3.63) is 77.9 Å². The van der Waals surface area contributed by atoms with Gasteiger partial charge in [-0.25, -0.2) is 4.79 Å². The Balaban J connectivity index is 1.78. The summed E-state index contributed by atoms with van der Waals surface area (Å²) < 4.78 is 5.93. The van der Waals surface area contributed by atoms with Crippen molar-refractivity contribution in [1.29, 1.82) is 0 Å². The Morgan fingerprint density at radius 2 is 1.64 bits per heavy atom. The van der Waals surface area contributed by atoms with E-state index in [2.05, 4.69) is 12.1 Å². The Hall–Kier alpha value is -2.39. The summed E-state index contributed by atoms with van der Waals surface area (Å²) in [7, 11) is 0. The summed E-state index contributed by atoms with van der Waals surface area (Å²) in [4.78, 5) is 13.0. The van der Waals surface area contributed by atoms with Crippen LogP contribution in [0.5, 0.6) is 0 Å². The van der Waals surface area contributed by atoms with Gasteiger partial charge in [0.25, 0.3) is 0 Å². The van der Waals surface area contributed by atoms with Crippen LogP contribution in [0.15, 0.2) is 66.7 Å². The lowest BCUT2D eigenvalue weighted by molar-refractivity contribution is -0.172. The van der Waals surface area contributed by atoms with E-state index >= 15 is 0 Å². The van der Waals surface area contributed by atoms with E-state index in [9.17, 15) is 9.90 Å². The second kappa shape index (κ2) is 9.20. The highest BCUT2D eigenvalue weighted by Crippen LogP contribution is 2.36. The lowest BCUT2D eigenvalue weighted by atomic mass is 9.81. The summed E-state index contributed by atoms with van der Waals surface area (Å²) in [5.74, 6) is -0.658. The molecule has 0 unspecified atom stereocenters. The van der Waals surface area contributed by atoms with Gasteiger partial charge in [0.1, 0.15) is 6.10 Å². The molecule has 3 rings (SSSR count). The molecule has 0 saturated heterocycles. The molecule has 2 aromatic rings. The first-order chi connectivity index (χ1) is 13.5. The second-order valence-electron chi connectivity index (χ2n) is 7.97. The summed E-state index contributed by atoms with van der Waals surface area (Å²) in [6.45, 7) is 3.68. The van der Waals surface area contributed by atoms with E-state index in [-0.39, 0.29) is 17.9 Å². The zero-order valence-electron chi connectivity index (χ0n) is 16.8. The number of aliphatic hydroxyl groups is 1. The van der Waals surface area contributed by atoms with Crippen molar-refractivity contribution in [1.82, 2.24) is 0 Å². The SMILES string of the molecule is CC(C)[C@@](O)(C=Cc1ccccc1)C(=O)O[C@@H]1CCCC[C@H]1c1ccccc1. The maximum atomic E-state index is 13.0. The molecule has 0 spiro atoms. The summed E-state index contributed by atoms with van der Waals surface area (Å²) >= 11 is 0. The molecule has 3 nitrogen and oxygen atoms in total. The van der Waals surface area contributed by atoms with Gasteiger partial charge in [-0.3, -0.25) is 0 Å². The number of ether oxygens (including phenoxy) is 1. The zero-order chi connectivity index (χ0) is 20.0. The molecule has 3 atom stereocenters. The number of benzene rings is 2. The van der Waals surface area contributed by atoms with Crippen molar-refractivity contribution in [2.75, 3.05) is 0 Å². The lowest BCUT2D eigenvalue weighted by Gasteiger charge is -2.35. The normalized spacial score (nSPS) is 22.1. The fourth-order valence-electron chi connectivity index (χ4n) is 3.83. The van der Waals surface area contributed by atoms with E-state index in [0.29, 0.717) is 0 Å². The van der Waals surface area contributed by atoms with Crippen LogP contribution < -0.4 is 0 Å². The molecule has 1 aliphatic carbocycles. The van der Waals surface area contributed by atoms with Crippen LogP contribution in [-0.4, -0.2) is 22.8 Å². The van der Waals surface area contributed by atoms with Crippen LogP contribution in [0.1, 0.15) is 56.6 Å². The first-order valence-electron chi connectivity index (χ1n) is 10.2. The van der Waals surface area contributed by atoms with E-state index in [1.54, 1.807) is 12.2 Å². The highest BCUT2D eigenvalue weighted by atomic mass is 16.6. The van der Waals surface area contributed by atoms with Gasteiger partial charge in [0, 0.05) is 5.92 Å². The first-order valence-corrected chi connectivity index (χ1v) is 10.2. The molecule has 1 aliphatic rings. The average Bonchev–Trinajstić information content (AvgIpc) is 2.73. The molecule has 0 amide bonds. The van der Waals surface area contributed by atoms with Crippen molar-refractivity contribution in [2.45, 2.75) is 57.2 Å². The van der Waals surface area contributed by atoms with Crippen LogP contribution in [0.25, 0.3) is 6.08 Å². The summed E-state index contributed by atoms with van der Waals surface area (Å²) in [5.41, 5.74) is 0.497. The average molecular weight is 379 g/mol. The number of carbonyl (C=O) groups is 1. The fourth-order valence-corrected chi connectivity index (χ4v) is 3.83. The smallest absolute Gasteiger partial charge is 0.342 e. The third-order valence-electron chi connectivity index (χ3n) is 5.73. The molecule has 1 fully saturated rings. The Labute approximate surface area is 168 Å². The minimum atomic E-state index is -1.64. The molecule has 3 heteroatoms. The quantitative estimate of drug-likeness (QED) is 0.689. The van der Waals surface area contributed by atoms with E-state index in [1.165, 1.54) is 5.56 Å². The van der Waals surface area contributed by atoms with Gasteiger partial charge in [-0.2, -0.15) is 0 Å². The topological polar surface area (TPSA) is 46.5 Å². The Morgan fingerprint density at radius 3 is 2.29 bits per heavy atom. The van der Waals surface area contributed by atoms with Crippen LogP contribution >= 0.6 is 0 Å². The molecular formula is C25H30O3. The van der Waals surface area contributed by atoms with Crippen LogP contribution in [0.4, 0.5) is 0 Å². The zero-order valence-corrected chi connectivity index (χ0v) is 16.8. The molecule has 0 radical (unpaired) electrons.